The van der Waals surface area contributed by atoms with Crippen molar-refractivity contribution < 1.29 is 18.0 Å². The third kappa shape index (κ3) is 3.81. The van der Waals surface area contributed by atoms with Crippen LogP contribution in [0.3, 0.4) is 0 Å². The number of carbonyl (C=O) groups excluding carboxylic acids is 1. The molecule has 1 heterocycles. The zero-order valence-electron chi connectivity index (χ0n) is 14.1. The second kappa shape index (κ2) is 6.97. The maximum absolute atomic E-state index is 11.7. The fraction of sp³-hybridized carbons (Fsp3) is 0.176. The van der Waals surface area contributed by atoms with Crippen LogP contribution in [0.25, 0.3) is 22.2 Å². The van der Waals surface area contributed by atoms with Gasteiger partial charge in [0.15, 0.2) is 0 Å². The van der Waals surface area contributed by atoms with Crippen LogP contribution in [0, 0.1) is 0 Å². The van der Waals surface area contributed by atoms with Crippen LogP contribution >= 0.6 is 11.6 Å². The van der Waals surface area contributed by atoms with E-state index in [1.165, 1.54) is 0 Å². The molecule has 0 saturated carbocycles. The van der Waals surface area contributed by atoms with Crippen LogP contribution in [-0.2, 0) is 14.8 Å². The van der Waals surface area contributed by atoms with E-state index in [1.54, 1.807) is 49.4 Å². The minimum absolute atomic E-state index is 0.179. The molecule has 0 radical (unpaired) electrons. The number of fused-ring (bicyclic) bond motifs is 1. The molecule has 0 aliphatic rings. The van der Waals surface area contributed by atoms with E-state index in [4.69, 9.17) is 16.4 Å². The first-order valence-electron chi connectivity index (χ1n) is 7.75. The van der Waals surface area contributed by atoms with Gasteiger partial charge in [-0.05, 0) is 24.3 Å². The highest BCUT2D eigenvalue weighted by atomic mass is 35.5. The van der Waals surface area contributed by atoms with Gasteiger partial charge in [-0.15, -0.1) is 5.10 Å². The lowest BCUT2D eigenvalue weighted by molar-refractivity contribution is -0.144. The predicted molar refractivity (Wildman–Crippen MR) is 101 cm³/mol. The largest absolute Gasteiger partial charge is 0.334 e. The Kier molecular flexibility index (Phi) is 4.88. The molecule has 0 aliphatic carbocycles. The maximum Gasteiger partial charge on any atom is 0.334 e. The lowest BCUT2D eigenvalue weighted by atomic mass is 10.1. The Morgan fingerprint density at radius 1 is 1.23 bits per heavy atom. The minimum Gasteiger partial charge on any atom is -0.319 e. The molecular weight excluding hydrogens is 378 g/mol. The molecular formula is C17H16ClN3O4S. The number of carbonyl (C=O) groups is 1. The van der Waals surface area contributed by atoms with Crippen molar-refractivity contribution in [1.82, 2.24) is 9.94 Å². The molecule has 0 fully saturated rings. The van der Waals surface area contributed by atoms with E-state index in [2.05, 4.69) is 9.82 Å². The summed E-state index contributed by atoms with van der Waals surface area (Å²) in [4.78, 5) is 18.1. The standard InChI is InChI=1S/C17H16ClN3O4S/c1-3-15(22)25-21-14-6-4-5-13(20-26(2,23)24)16(14)17(19-21)11-7-9-12(18)10-8-11/h4-10,20H,3H2,1-2H3. The Balaban J connectivity index is 2.27. The molecule has 0 atom stereocenters. The molecule has 9 heteroatoms. The topological polar surface area (TPSA) is 90.3 Å². The number of hydrogen-bond donors (Lipinski definition) is 1. The molecule has 0 bridgehead atoms. The number of halogens is 1. The van der Waals surface area contributed by atoms with Crippen molar-refractivity contribution in [1.29, 1.82) is 0 Å². The summed E-state index contributed by atoms with van der Waals surface area (Å²) in [5, 5.41) is 5.44. The van der Waals surface area contributed by atoms with Crippen molar-refractivity contribution in [2.75, 3.05) is 11.0 Å². The van der Waals surface area contributed by atoms with Crippen molar-refractivity contribution in [2.45, 2.75) is 13.3 Å². The second-order valence-corrected chi connectivity index (χ2v) is 7.80. The molecule has 1 aromatic heterocycles. The monoisotopic (exact) mass is 393 g/mol. The molecule has 136 valence electrons. The van der Waals surface area contributed by atoms with Gasteiger partial charge in [-0.25, -0.2) is 13.2 Å². The van der Waals surface area contributed by atoms with Crippen LogP contribution in [0.2, 0.25) is 5.02 Å². The van der Waals surface area contributed by atoms with Crippen molar-refractivity contribution in [3.63, 3.8) is 0 Å². The molecule has 1 N–H and O–H groups in total. The Hall–Kier alpha value is -2.58. The number of nitrogens with zero attached hydrogens (tertiary/aromatic N) is 2. The van der Waals surface area contributed by atoms with Gasteiger partial charge in [-0.2, -0.15) is 0 Å². The van der Waals surface area contributed by atoms with E-state index in [1.807, 2.05) is 0 Å². The summed E-state index contributed by atoms with van der Waals surface area (Å²) in [6, 6.07) is 11.9. The molecule has 3 rings (SSSR count). The highest BCUT2D eigenvalue weighted by Crippen LogP contribution is 2.34. The molecule has 0 unspecified atom stereocenters. The molecule has 0 aliphatic heterocycles. The lowest BCUT2D eigenvalue weighted by Gasteiger charge is -2.07. The van der Waals surface area contributed by atoms with E-state index in [0.717, 1.165) is 11.1 Å². The van der Waals surface area contributed by atoms with Crippen molar-refractivity contribution in [3.8, 4) is 11.3 Å². The molecule has 26 heavy (non-hydrogen) atoms. The van der Waals surface area contributed by atoms with Gasteiger partial charge in [0.05, 0.1) is 17.3 Å². The third-order valence-electron chi connectivity index (χ3n) is 3.57. The average molecular weight is 394 g/mol. The van der Waals surface area contributed by atoms with Crippen molar-refractivity contribution in [2.24, 2.45) is 0 Å². The van der Waals surface area contributed by atoms with E-state index < -0.39 is 16.0 Å². The summed E-state index contributed by atoms with van der Waals surface area (Å²) in [5.41, 5.74) is 1.97. The third-order valence-corrected chi connectivity index (χ3v) is 4.41. The Bertz CT molecular complexity index is 1080. The number of sulfonamides is 1. The summed E-state index contributed by atoms with van der Waals surface area (Å²) in [5.74, 6) is -0.460. The van der Waals surface area contributed by atoms with Crippen LogP contribution in [0.4, 0.5) is 5.69 Å². The molecule has 7 nitrogen and oxygen atoms in total. The second-order valence-electron chi connectivity index (χ2n) is 5.62. The SMILES string of the molecule is CCC(=O)On1nc(-c2ccc(Cl)cc2)c2c(NS(C)(=O)=O)cccc21. The van der Waals surface area contributed by atoms with Gasteiger partial charge in [-0.3, -0.25) is 4.72 Å². The summed E-state index contributed by atoms with van der Waals surface area (Å²) in [6.45, 7) is 1.67. The highest BCUT2D eigenvalue weighted by molar-refractivity contribution is 7.92. The smallest absolute Gasteiger partial charge is 0.319 e. The first-order valence-corrected chi connectivity index (χ1v) is 10.0. The van der Waals surface area contributed by atoms with E-state index in [0.29, 0.717) is 32.9 Å². The van der Waals surface area contributed by atoms with Crippen LogP contribution in [0.15, 0.2) is 42.5 Å². The van der Waals surface area contributed by atoms with Gasteiger partial charge in [0, 0.05) is 17.0 Å². The summed E-state index contributed by atoms with van der Waals surface area (Å²) in [6.07, 6.45) is 1.24. The Labute approximate surface area is 155 Å². The van der Waals surface area contributed by atoms with Gasteiger partial charge in [-0.1, -0.05) is 41.6 Å². The Morgan fingerprint density at radius 3 is 2.54 bits per heavy atom. The predicted octanol–water partition coefficient (Wildman–Crippen LogP) is 3.09. The van der Waals surface area contributed by atoms with Gasteiger partial charge in [0.1, 0.15) is 11.2 Å². The zero-order valence-corrected chi connectivity index (χ0v) is 15.6. The van der Waals surface area contributed by atoms with Crippen LogP contribution < -0.4 is 9.56 Å². The molecule has 0 saturated heterocycles. The van der Waals surface area contributed by atoms with E-state index in [9.17, 15) is 13.2 Å². The van der Waals surface area contributed by atoms with Crippen LogP contribution in [0.5, 0.6) is 0 Å². The fourth-order valence-corrected chi connectivity index (χ4v) is 3.16. The first-order chi connectivity index (χ1) is 12.3. The zero-order chi connectivity index (χ0) is 18.9. The molecule has 0 spiro atoms. The van der Waals surface area contributed by atoms with Crippen LogP contribution in [0.1, 0.15) is 13.3 Å². The average Bonchev–Trinajstić information content (AvgIpc) is 2.94. The summed E-state index contributed by atoms with van der Waals surface area (Å²) < 4.78 is 25.9. The number of benzene rings is 2. The van der Waals surface area contributed by atoms with Gasteiger partial charge < -0.3 is 4.84 Å². The van der Waals surface area contributed by atoms with Crippen LogP contribution in [-0.4, -0.2) is 30.6 Å². The Morgan fingerprint density at radius 2 is 1.92 bits per heavy atom. The minimum atomic E-state index is -3.51. The number of nitrogens with one attached hydrogen (secondary N) is 1. The quantitative estimate of drug-likeness (QED) is 0.719. The molecule has 0 amide bonds. The van der Waals surface area contributed by atoms with E-state index in [-0.39, 0.29) is 6.42 Å². The highest BCUT2D eigenvalue weighted by Gasteiger charge is 2.19. The number of anilines is 1. The van der Waals surface area contributed by atoms with Gasteiger partial charge in [0.2, 0.25) is 10.0 Å². The first kappa shape index (κ1) is 18.2. The number of rotatable bonds is 5. The summed E-state index contributed by atoms with van der Waals surface area (Å²) >= 11 is 5.94. The van der Waals surface area contributed by atoms with Gasteiger partial charge in [0.25, 0.3) is 0 Å². The maximum atomic E-state index is 11.7. The van der Waals surface area contributed by atoms with Crippen molar-refractivity contribution in [3.05, 3.63) is 47.5 Å². The molecule has 2 aromatic carbocycles. The number of hydrogen-bond acceptors (Lipinski definition) is 5. The van der Waals surface area contributed by atoms with Gasteiger partial charge >= 0.3 is 5.97 Å². The number of aromatic nitrogens is 2. The normalized spacial score (nSPS) is 11.5. The fourth-order valence-electron chi connectivity index (χ4n) is 2.47. The lowest BCUT2D eigenvalue weighted by Crippen LogP contribution is -2.19. The summed E-state index contributed by atoms with van der Waals surface area (Å²) in [7, 11) is -3.51. The van der Waals surface area contributed by atoms with E-state index >= 15 is 0 Å². The van der Waals surface area contributed by atoms with Crippen molar-refractivity contribution >= 4 is 44.2 Å². The molecule has 3 aromatic rings.